The summed E-state index contributed by atoms with van der Waals surface area (Å²) in [5.74, 6) is 0.233. The number of hydrogen-bond donors (Lipinski definition) is 5. The van der Waals surface area contributed by atoms with Gasteiger partial charge in [-0.05, 0) is 101 Å². The van der Waals surface area contributed by atoms with Gasteiger partial charge in [0.2, 0.25) is 23.4 Å². The molecule has 1 unspecified atom stereocenters. The maximum Gasteiger partial charge on any atom is 0.294 e. The average molecular weight is 896 g/mol. The van der Waals surface area contributed by atoms with Crippen molar-refractivity contribution in [1.82, 2.24) is 25.3 Å². The Labute approximate surface area is 366 Å². The largest absolute Gasteiger partial charge is 0.471 e. The van der Waals surface area contributed by atoms with E-state index in [2.05, 4.69) is 34.7 Å². The first-order chi connectivity index (χ1) is 29.8. The number of H-pyrrole nitrogens is 1. The van der Waals surface area contributed by atoms with Gasteiger partial charge in [-0.1, -0.05) is 42.5 Å². The minimum atomic E-state index is -4.48. The number of nitrogens with zero attached hydrogens (tertiary/aromatic N) is 5. The lowest BCUT2D eigenvalue weighted by atomic mass is 9.77. The van der Waals surface area contributed by atoms with Crippen molar-refractivity contribution in [2.75, 3.05) is 23.7 Å². The number of allylic oxidation sites excluding steroid dienone is 6. The van der Waals surface area contributed by atoms with Crippen LogP contribution in [0.15, 0.2) is 113 Å². The number of aromatic amines is 1. The molecule has 2 aliphatic heterocycles. The standard InChI is InChI=1S/C45H50N8O8S2/c1-6-52-35-21-19-31(62(55,56)57)24-33(35)44(3,4)37(52)12-9-8-10-13-38-45(5,34-25-32(63(58,59)60)20-22-36(34)53(38)7-2)23-11-14-39(54)47-26-29-15-17-30(18-16-29)27-61-42-40-41(49-28-48-40)50-43(46)51-42/h8-10,12-13,15-22,24-25,28H,6-7,11,14,23,26-27H2,1-5H3,(H5-,46,47,48,49,50,51,54,55,56,57,58,59,60)/p+1. The molecule has 0 saturated heterocycles. The average Bonchev–Trinajstić information content (AvgIpc) is 3.87. The number of carbonyl (C=O) groups is 1. The number of hydrogen-bond acceptors (Lipinski definition) is 11. The van der Waals surface area contributed by atoms with Crippen LogP contribution < -0.4 is 20.7 Å². The molecule has 2 aromatic heterocycles. The molecule has 4 heterocycles. The van der Waals surface area contributed by atoms with Crippen LogP contribution in [0.5, 0.6) is 5.88 Å². The van der Waals surface area contributed by atoms with Crippen molar-refractivity contribution < 1.29 is 40.0 Å². The molecule has 5 aromatic rings. The van der Waals surface area contributed by atoms with E-state index in [1.165, 1.54) is 30.6 Å². The third-order valence-electron chi connectivity index (χ3n) is 11.8. The van der Waals surface area contributed by atoms with Gasteiger partial charge in [0.1, 0.15) is 18.7 Å². The summed E-state index contributed by atoms with van der Waals surface area (Å²) in [6, 6.07) is 16.9. The van der Waals surface area contributed by atoms with Crippen molar-refractivity contribution in [3.8, 4) is 5.88 Å². The second kappa shape index (κ2) is 17.5. The molecule has 0 bridgehead atoms. The minimum absolute atomic E-state index is 0.0610. The Morgan fingerprint density at radius 3 is 2.29 bits per heavy atom. The molecule has 7 rings (SSSR count). The van der Waals surface area contributed by atoms with Gasteiger partial charge in [0.15, 0.2) is 11.4 Å². The fraction of sp³-hybridized carbons (Fsp3) is 0.311. The Morgan fingerprint density at radius 1 is 0.921 bits per heavy atom. The van der Waals surface area contributed by atoms with Crippen LogP contribution in [-0.2, 0) is 49.0 Å². The fourth-order valence-corrected chi connectivity index (χ4v) is 9.55. The van der Waals surface area contributed by atoms with Crippen molar-refractivity contribution in [1.29, 1.82) is 0 Å². The monoisotopic (exact) mass is 895 g/mol. The lowest BCUT2D eigenvalue weighted by Gasteiger charge is -2.30. The molecule has 1 amide bonds. The first-order valence-corrected chi connectivity index (χ1v) is 23.4. The summed E-state index contributed by atoms with van der Waals surface area (Å²) in [4.78, 5) is 30.2. The molecule has 0 radical (unpaired) electrons. The number of amides is 1. The molecule has 3 aromatic carbocycles. The van der Waals surface area contributed by atoms with Gasteiger partial charge >= 0.3 is 0 Å². The van der Waals surface area contributed by atoms with Crippen molar-refractivity contribution >= 4 is 60.3 Å². The number of nitrogens with one attached hydrogen (secondary N) is 2. The number of rotatable bonds is 16. The van der Waals surface area contributed by atoms with Crippen LogP contribution >= 0.6 is 0 Å². The summed E-state index contributed by atoms with van der Waals surface area (Å²) in [6.07, 6.45) is 12.4. The van der Waals surface area contributed by atoms with E-state index < -0.39 is 31.1 Å². The Kier molecular flexibility index (Phi) is 12.5. The molecule has 18 heteroatoms. The van der Waals surface area contributed by atoms with Crippen molar-refractivity contribution in [2.24, 2.45) is 0 Å². The first kappa shape index (κ1) is 44.8. The number of ether oxygens (including phenoxy) is 1. The number of anilines is 2. The lowest BCUT2D eigenvalue weighted by molar-refractivity contribution is -0.433. The Balaban J connectivity index is 1.03. The smallest absolute Gasteiger partial charge is 0.294 e. The molecule has 16 nitrogen and oxygen atoms in total. The molecule has 0 saturated carbocycles. The first-order valence-electron chi connectivity index (χ1n) is 20.5. The van der Waals surface area contributed by atoms with E-state index in [1.54, 1.807) is 12.1 Å². The summed E-state index contributed by atoms with van der Waals surface area (Å²) in [5, 5.41) is 3.00. The number of carbonyl (C=O) groups excluding carboxylic acids is 1. The predicted molar refractivity (Wildman–Crippen MR) is 240 cm³/mol. The number of aromatic nitrogens is 4. The SMILES string of the molecule is CCN1\C(=C/C=C/C=C/C2=[N+](CC)c3ccc(S(=O)(=O)O)cc3C2(C)C)C(C)(CCCC(=O)NCc2ccc(COc3nc(N)nc4nc[nH]c34)cc2)c2cc(S(=O)(=O)O)ccc21. The normalized spacial score (nSPS) is 18.0. The van der Waals surface area contributed by atoms with Gasteiger partial charge in [0, 0.05) is 54.0 Å². The van der Waals surface area contributed by atoms with E-state index in [1.807, 2.05) is 89.3 Å². The van der Waals surface area contributed by atoms with Crippen LogP contribution in [0.3, 0.4) is 0 Å². The van der Waals surface area contributed by atoms with Gasteiger partial charge in [0.05, 0.1) is 21.5 Å². The topological polar surface area (TPSA) is 234 Å². The lowest BCUT2D eigenvalue weighted by Crippen LogP contribution is -2.29. The highest BCUT2D eigenvalue weighted by molar-refractivity contribution is 7.86. The van der Waals surface area contributed by atoms with Gasteiger partial charge < -0.3 is 25.7 Å². The molecular formula is C45H51N8O8S2+. The molecule has 1 atom stereocenters. The summed E-state index contributed by atoms with van der Waals surface area (Å²) in [5.41, 5.74) is 12.4. The summed E-state index contributed by atoms with van der Waals surface area (Å²) < 4.78 is 76.1. The second-order valence-electron chi connectivity index (χ2n) is 16.2. The van der Waals surface area contributed by atoms with Crippen LogP contribution in [0.1, 0.15) is 76.1 Å². The Hall–Kier alpha value is -6.21. The summed E-state index contributed by atoms with van der Waals surface area (Å²) >= 11 is 0. The van der Waals surface area contributed by atoms with Crippen molar-refractivity contribution in [3.05, 3.63) is 125 Å². The molecule has 330 valence electrons. The van der Waals surface area contributed by atoms with E-state index in [0.717, 1.165) is 45.0 Å². The number of nitrogen functional groups attached to an aromatic ring is 1. The van der Waals surface area contributed by atoms with Gasteiger partial charge in [-0.25, -0.2) is 4.98 Å². The van der Waals surface area contributed by atoms with Gasteiger partial charge in [-0.3, -0.25) is 13.9 Å². The number of imidazole rings is 1. The van der Waals surface area contributed by atoms with E-state index >= 15 is 0 Å². The second-order valence-corrected chi connectivity index (χ2v) is 19.0. The molecule has 6 N–H and O–H groups in total. The zero-order chi connectivity index (χ0) is 45.3. The van der Waals surface area contributed by atoms with E-state index in [4.69, 9.17) is 10.5 Å². The summed E-state index contributed by atoms with van der Waals surface area (Å²) in [7, 11) is -8.85. The van der Waals surface area contributed by atoms with Gasteiger partial charge in [-0.2, -0.15) is 31.4 Å². The fourth-order valence-electron chi connectivity index (χ4n) is 8.53. The van der Waals surface area contributed by atoms with Gasteiger partial charge in [-0.15, -0.1) is 0 Å². The molecule has 0 aliphatic carbocycles. The molecule has 63 heavy (non-hydrogen) atoms. The zero-order valence-corrected chi connectivity index (χ0v) is 37.3. The predicted octanol–water partition coefficient (Wildman–Crippen LogP) is 6.68. The van der Waals surface area contributed by atoms with Crippen LogP contribution in [0.4, 0.5) is 17.3 Å². The van der Waals surface area contributed by atoms with E-state index in [-0.39, 0.29) is 34.7 Å². The molecule has 2 aliphatic rings. The third kappa shape index (κ3) is 9.15. The van der Waals surface area contributed by atoms with Gasteiger partial charge in [0.25, 0.3) is 20.2 Å². The molecular weight excluding hydrogens is 845 g/mol. The van der Waals surface area contributed by atoms with Crippen molar-refractivity contribution in [2.45, 2.75) is 87.7 Å². The zero-order valence-electron chi connectivity index (χ0n) is 35.7. The number of fused-ring (bicyclic) bond motifs is 3. The van der Waals surface area contributed by atoms with E-state index in [0.29, 0.717) is 49.5 Å². The van der Waals surface area contributed by atoms with Crippen LogP contribution in [0.2, 0.25) is 0 Å². The molecule has 0 fully saturated rings. The Bertz CT molecular complexity index is 2940. The number of nitrogens with two attached hydrogens (primary N) is 1. The quantitative estimate of drug-likeness (QED) is 0.0395. The highest BCUT2D eigenvalue weighted by Gasteiger charge is 2.45. The summed E-state index contributed by atoms with van der Waals surface area (Å²) in [6.45, 7) is 11.9. The molecule has 0 spiro atoms. The number of likely N-dealkylation sites (N-methyl/N-ethyl adjacent to an activating group) is 1. The van der Waals surface area contributed by atoms with Crippen LogP contribution in [-0.4, -0.2) is 75.2 Å². The van der Waals surface area contributed by atoms with Crippen LogP contribution in [0.25, 0.3) is 11.2 Å². The van der Waals surface area contributed by atoms with Crippen LogP contribution in [0, 0.1) is 0 Å². The van der Waals surface area contributed by atoms with E-state index in [9.17, 15) is 30.7 Å². The Morgan fingerprint density at radius 2 is 1.60 bits per heavy atom. The highest BCUT2D eigenvalue weighted by Crippen LogP contribution is 2.51. The highest BCUT2D eigenvalue weighted by atomic mass is 32.2. The third-order valence-corrected chi connectivity index (χ3v) is 13.5. The maximum atomic E-state index is 13.2. The number of benzene rings is 3. The minimum Gasteiger partial charge on any atom is -0.471 e. The maximum absolute atomic E-state index is 13.2. The van der Waals surface area contributed by atoms with Crippen molar-refractivity contribution in [3.63, 3.8) is 0 Å².